The van der Waals surface area contributed by atoms with Crippen LogP contribution in [-0.2, 0) is 14.3 Å². The van der Waals surface area contributed by atoms with Crippen LogP contribution in [0.1, 0.15) is 373 Å². The van der Waals surface area contributed by atoms with Crippen LogP contribution in [0.5, 0.6) is 0 Å². The quantitative estimate of drug-likeness (QED) is 0.0320. The maximum Gasteiger partial charge on any atom is 0.305 e. The number of carbonyl (C=O) groups is 2. The average molecular weight is 1020 g/mol. The number of hydrogen-bond acceptors (Lipinski definition) is 5. The summed E-state index contributed by atoms with van der Waals surface area (Å²) in [5.41, 5.74) is 0. The van der Waals surface area contributed by atoms with E-state index in [2.05, 4.69) is 19.2 Å². The Bertz CT molecular complexity index is 1080. The SMILES string of the molecule is CCCCCCCCCCCCCCCCCC/C=C/C(O)C(CO)NC(=O)CCCCCCCCCCCCCCCCCCCCCCOC(=O)CCCCCCCCCCCCCCCCCCC. The Morgan fingerprint density at radius 1 is 0.375 bits per heavy atom. The molecule has 0 aromatic heterocycles. The Balaban J connectivity index is 3.39. The number of hydrogen-bond donors (Lipinski definition) is 3. The summed E-state index contributed by atoms with van der Waals surface area (Å²) in [6.07, 6.45) is 75.5. The van der Waals surface area contributed by atoms with Gasteiger partial charge < -0.3 is 20.3 Å². The molecule has 2 unspecified atom stereocenters. The first-order chi connectivity index (χ1) is 35.5. The fraction of sp³-hybridized carbons (Fsp3) is 0.939. The van der Waals surface area contributed by atoms with Gasteiger partial charge in [0.25, 0.3) is 0 Å². The lowest BCUT2D eigenvalue weighted by Crippen LogP contribution is -2.45. The van der Waals surface area contributed by atoms with Crippen molar-refractivity contribution in [2.24, 2.45) is 0 Å². The highest BCUT2D eigenvalue weighted by Crippen LogP contribution is 2.19. The topological polar surface area (TPSA) is 95.9 Å². The molecular formula is C66H129NO5. The van der Waals surface area contributed by atoms with Crippen LogP contribution >= 0.6 is 0 Å². The van der Waals surface area contributed by atoms with Crippen molar-refractivity contribution >= 4 is 11.9 Å². The van der Waals surface area contributed by atoms with E-state index in [0.29, 0.717) is 19.4 Å². The van der Waals surface area contributed by atoms with Crippen molar-refractivity contribution in [2.45, 2.75) is 386 Å². The predicted octanol–water partition coefficient (Wildman–Crippen LogP) is 20.8. The van der Waals surface area contributed by atoms with Crippen molar-refractivity contribution in [3.8, 4) is 0 Å². The number of aliphatic hydroxyl groups is 2. The number of aliphatic hydroxyl groups excluding tert-OH is 2. The zero-order valence-corrected chi connectivity index (χ0v) is 48.9. The van der Waals surface area contributed by atoms with E-state index in [1.54, 1.807) is 6.08 Å². The molecular weight excluding hydrogens is 887 g/mol. The normalized spacial score (nSPS) is 12.6. The number of unbranched alkanes of at least 4 members (excludes halogenated alkanes) is 51. The van der Waals surface area contributed by atoms with Crippen LogP contribution in [0.2, 0.25) is 0 Å². The van der Waals surface area contributed by atoms with Gasteiger partial charge in [-0.25, -0.2) is 0 Å². The molecule has 0 spiro atoms. The minimum Gasteiger partial charge on any atom is -0.466 e. The van der Waals surface area contributed by atoms with E-state index in [9.17, 15) is 19.8 Å². The number of amides is 1. The first kappa shape index (κ1) is 70.6. The monoisotopic (exact) mass is 1020 g/mol. The molecule has 0 aromatic carbocycles. The highest BCUT2D eigenvalue weighted by atomic mass is 16.5. The predicted molar refractivity (Wildman–Crippen MR) is 315 cm³/mol. The molecule has 1 amide bonds. The number of carbonyl (C=O) groups excluding carboxylic acids is 2. The Morgan fingerprint density at radius 2 is 0.639 bits per heavy atom. The van der Waals surface area contributed by atoms with Crippen molar-refractivity contribution in [3.63, 3.8) is 0 Å². The van der Waals surface area contributed by atoms with E-state index in [0.717, 1.165) is 38.5 Å². The maximum atomic E-state index is 12.5. The van der Waals surface area contributed by atoms with Crippen molar-refractivity contribution in [1.29, 1.82) is 0 Å². The van der Waals surface area contributed by atoms with Crippen molar-refractivity contribution in [1.82, 2.24) is 5.32 Å². The fourth-order valence-corrected chi connectivity index (χ4v) is 10.5. The lowest BCUT2D eigenvalue weighted by molar-refractivity contribution is -0.143. The van der Waals surface area contributed by atoms with Gasteiger partial charge in [-0.15, -0.1) is 0 Å². The minimum absolute atomic E-state index is 0.0148. The molecule has 2 atom stereocenters. The van der Waals surface area contributed by atoms with Gasteiger partial charge in [-0.05, 0) is 32.1 Å². The van der Waals surface area contributed by atoms with Gasteiger partial charge >= 0.3 is 5.97 Å². The average Bonchev–Trinajstić information content (AvgIpc) is 3.38. The van der Waals surface area contributed by atoms with Gasteiger partial charge in [0.2, 0.25) is 5.91 Å². The summed E-state index contributed by atoms with van der Waals surface area (Å²) in [4.78, 5) is 24.6. The summed E-state index contributed by atoms with van der Waals surface area (Å²) in [7, 11) is 0. The van der Waals surface area contributed by atoms with Crippen molar-refractivity contribution in [3.05, 3.63) is 12.2 Å². The molecule has 0 aliphatic carbocycles. The molecule has 3 N–H and O–H groups in total. The molecule has 428 valence electrons. The number of rotatable bonds is 62. The van der Waals surface area contributed by atoms with Crippen LogP contribution in [0.15, 0.2) is 12.2 Å². The van der Waals surface area contributed by atoms with Crippen LogP contribution in [0.3, 0.4) is 0 Å². The highest BCUT2D eigenvalue weighted by Gasteiger charge is 2.18. The van der Waals surface area contributed by atoms with Crippen molar-refractivity contribution in [2.75, 3.05) is 13.2 Å². The zero-order chi connectivity index (χ0) is 52.2. The van der Waals surface area contributed by atoms with E-state index in [-0.39, 0.29) is 18.5 Å². The fourth-order valence-electron chi connectivity index (χ4n) is 10.5. The molecule has 0 bridgehead atoms. The van der Waals surface area contributed by atoms with E-state index in [1.807, 2.05) is 6.08 Å². The molecule has 0 heterocycles. The van der Waals surface area contributed by atoms with Gasteiger partial charge in [0.15, 0.2) is 0 Å². The molecule has 0 aromatic rings. The second kappa shape index (κ2) is 62.1. The van der Waals surface area contributed by atoms with Crippen LogP contribution in [-0.4, -0.2) is 47.4 Å². The second-order valence-electron chi connectivity index (χ2n) is 22.8. The van der Waals surface area contributed by atoms with E-state index in [4.69, 9.17) is 4.74 Å². The van der Waals surface area contributed by atoms with Gasteiger partial charge in [0, 0.05) is 12.8 Å². The van der Waals surface area contributed by atoms with Crippen LogP contribution in [0, 0.1) is 0 Å². The molecule has 0 aliphatic heterocycles. The van der Waals surface area contributed by atoms with E-state index in [1.165, 1.54) is 308 Å². The molecule has 6 heteroatoms. The maximum absolute atomic E-state index is 12.5. The number of ether oxygens (including phenoxy) is 1. The molecule has 6 nitrogen and oxygen atoms in total. The summed E-state index contributed by atoms with van der Waals surface area (Å²) in [6.45, 7) is 4.94. The van der Waals surface area contributed by atoms with Crippen LogP contribution in [0.25, 0.3) is 0 Å². The third-order valence-corrected chi connectivity index (χ3v) is 15.6. The summed E-state index contributed by atoms with van der Waals surface area (Å²) in [5, 5.41) is 23.2. The van der Waals surface area contributed by atoms with Gasteiger partial charge in [0.05, 0.1) is 25.4 Å². The lowest BCUT2D eigenvalue weighted by Gasteiger charge is -2.20. The number of nitrogens with one attached hydrogen (secondary N) is 1. The highest BCUT2D eigenvalue weighted by molar-refractivity contribution is 5.76. The number of allylic oxidation sites excluding steroid dienone is 1. The summed E-state index contributed by atoms with van der Waals surface area (Å²) in [6, 6.07) is -0.629. The van der Waals surface area contributed by atoms with Crippen LogP contribution in [0.4, 0.5) is 0 Å². The molecule has 0 radical (unpaired) electrons. The van der Waals surface area contributed by atoms with Crippen LogP contribution < -0.4 is 5.32 Å². The first-order valence-electron chi connectivity index (χ1n) is 33.0. The molecule has 0 fully saturated rings. The third-order valence-electron chi connectivity index (χ3n) is 15.6. The Morgan fingerprint density at radius 3 is 0.944 bits per heavy atom. The van der Waals surface area contributed by atoms with E-state index >= 15 is 0 Å². The van der Waals surface area contributed by atoms with E-state index < -0.39 is 12.1 Å². The largest absolute Gasteiger partial charge is 0.466 e. The molecule has 72 heavy (non-hydrogen) atoms. The Hall–Kier alpha value is -1.40. The van der Waals surface area contributed by atoms with Gasteiger partial charge in [0.1, 0.15) is 0 Å². The molecule has 0 aliphatic rings. The summed E-state index contributed by atoms with van der Waals surface area (Å²) < 4.78 is 5.50. The van der Waals surface area contributed by atoms with Gasteiger partial charge in [-0.2, -0.15) is 0 Å². The third kappa shape index (κ3) is 57.9. The lowest BCUT2D eigenvalue weighted by atomic mass is 10.0. The number of esters is 1. The Kier molecular flexibility index (Phi) is 60.9. The zero-order valence-electron chi connectivity index (χ0n) is 48.9. The first-order valence-corrected chi connectivity index (χ1v) is 33.0. The van der Waals surface area contributed by atoms with Gasteiger partial charge in [-0.3, -0.25) is 9.59 Å². The van der Waals surface area contributed by atoms with Crippen molar-refractivity contribution < 1.29 is 24.5 Å². The molecule has 0 saturated carbocycles. The summed E-state index contributed by atoms with van der Waals surface area (Å²) in [5.74, 6) is -0.0514. The second-order valence-corrected chi connectivity index (χ2v) is 22.8. The molecule has 0 saturated heterocycles. The standard InChI is InChI=1S/C66H129NO5/c1-3-5-7-9-11-13-15-17-19-21-27-30-34-38-42-46-50-54-58-64(69)63(62-68)67-65(70)59-55-51-47-43-39-35-31-28-24-22-23-25-29-33-37-41-45-49-53-57-61-72-66(71)60-56-52-48-44-40-36-32-26-20-18-16-14-12-10-8-6-4-2/h54,58,63-64,68-69H,3-53,55-57,59-62H2,1-2H3,(H,67,70)/b58-54+. The Labute approximate surface area is 450 Å². The van der Waals surface area contributed by atoms with Gasteiger partial charge in [-0.1, -0.05) is 341 Å². The molecule has 0 rings (SSSR count). The minimum atomic E-state index is -0.845. The summed E-state index contributed by atoms with van der Waals surface area (Å²) >= 11 is 0. The smallest absolute Gasteiger partial charge is 0.305 e.